The van der Waals surface area contributed by atoms with Crippen molar-refractivity contribution in [2.75, 3.05) is 4.90 Å². The van der Waals surface area contributed by atoms with Gasteiger partial charge in [0, 0.05) is 13.1 Å². The van der Waals surface area contributed by atoms with E-state index in [1.54, 1.807) is 19.1 Å². The Balaban J connectivity index is 1.89. The number of aryl methyl sites for hydroxylation is 1. The maximum Gasteiger partial charge on any atom is 0.203 e. The smallest absolute Gasteiger partial charge is 0.203 e. The summed E-state index contributed by atoms with van der Waals surface area (Å²) in [6.07, 6.45) is 0. The summed E-state index contributed by atoms with van der Waals surface area (Å²) in [4.78, 5) is 15.0. The summed E-state index contributed by atoms with van der Waals surface area (Å²) < 4.78 is 19.8. The summed E-state index contributed by atoms with van der Waals surface area (Å²) in [6.45, 7) is 6.89. The van der Waals surface area contributed by atoms with E-state index < -0.39 is 0 Å². The Morgan fingerprint density at radius 2 is 1.88 bits per heavy atom. The van der Waals surface area contributed by atoms with Gasteiger partial charge in [-0.25, -0.2) is 4.39 Å². The van der Waals surface area contributed by atoms with E-state index >= 15 is 0 Å². The summed E-state index contributed by atoms with van der Waals surface area (Å²) in [5.74, 6) is 0.316. The van der Waals surface area contributed by atoms with E-state index in [1.807, 2.05) is 30.9 Å². The fraction of sp³-hybridized carbons (Fsp3) is 0.286. The maximum atomic E-state index is 13.5. The molecule has 4 rings (SSSR count). The van der Waals surface area contributed by atoms with Crippen molar-refractivity contribution in [1.29, 1.82) is 0 Å². The van der Waals surface area contributed by atoms with Crippen molar-refractivity contribution in [2.45, 2.75) is 39.9 Å². The molecular formula is C21H22FN2O2+. The van der Waals surface area contributed by atoms with Crippen molar-refractivity contribution >= 4 is 16.9 Å². The Labute approximate surface area is 151 Å². The largest absolute Gasteiger partial charge is 0.439 e. The second kappa shape index (κ2) is 5.95. The normalized spacial score (nSPS) is 14.7. The number of fused-ring (bicyclic) bond motifs is 2. The number of anilines is 1. The van der Waals surface area contributed by atoms with Gasteiger partial charge in [0.15, 0.2) is 5.43 Å². The Morgan fingerprint density at radius 3 is 2.62 bits per heavy atom. The van der Waals surface area contributed by atoms with Gasteiger partial charge in [0.25, 0.3) is 0 Å². The van der Waals surface area contributed by atoms with Crippen LogP contribution in [-0.4, -0.2) is 0 Å². The summed E-state index contributed by atoms with van der Waals surface area (Å²) >= 11 is 0. The SMILES string of the molecule is Cc1cc([C@H](C)[NH3+])c2oc(N3Cc4ccc(F)cc4C3)c(C)c(=O)c2c1. The van der Waals surface area contributed by atoms with E-state index in [9.17, 15) is 9.18 Å². The van der Waals surface area contributed by atoms with E-state index in [1.165, 1.54) is 6.07 Å². The average Bonchev–Trinajstić information content (AvgIpc) is 3.00. The maximum absolute atomic E-state index is 13.5. The molecule has 0 unspecified atom stereocenters. The number of nitrogens with zero attached hydrogens (tertiary/aromatic N) is 1. The van der Waals surface area contributed by atoms with Crippen molar-refractivity contribution in [3.05, 3.63) is 74.2 Å². The van der Waals surface area contributed by atoms with Crippen LogP contribution in [0.25, 0.3) is 11.0 Å². The van der Waals surface area contributed by atoms with Crippen LogP contribution in [0.3, 0.4) is 0 Å². The van der Waals surface area contributed by atoms with E-state index in [2.05, 4.69) is 5.73 Å². The van der Waals surface area contributed by atoms with Crippen LogP contribution in [0.15, 0.2) is 39.5 Å². The number of halogens is 1. The van der Waals surface area contributed by atoms with Gasteiger partial charge in [0.2, 0.25) is 5.88 Å². The summed E-state index contributed by atoms with van der Waals surface area (Å²) in [5, 5.41) is 0.597. The molecule has 4 nitrogen and oxygen atoms in total. The minimum absolute atomic E-state index is 0.000905. The Bertz CT molecular complexity index is 1090. The third-order valence-electron chi connectivity index (χ3n) is 5.08. The minimum atomic E-state index is -0.245. The highest BCUT2D eigenvalue weighted by molar-refractivity contribution is 5.83. The first kappa shape index (κ1) is 16.8. The lowest BCUT2D eigenvalue weighted by atomic mass is 10.0. The molecule has 0 bridgehead atoms. The first-order valence-corrected chi connectivity index (χ1v) is 8.78. The zero-order chi connectivity index (χ0) is 18.6. The fourth-order valence-corrected chi connectivity index (χ4v) is 3.73. The lowest BCUT2D eigenvalue weighted by Crippen LogP contribution is -2.51. The van der Waals surface area contributed by atoms with Gasteiger partial charge in [0.05, 0.1) is 16.5 Å². The quantitative estimate of drug-likeness (QED) is 0.768. The molecule has 2 heterocycles. The molecule has 1 aromatic heterocycles. The third kappa shape index (κ3) is 2.59. The molecule has 134 valence electrons. The van der Waals surface area contributed by atoms with E-state index in [4.69, 9.17) is 4.42 Å². The molecule has 0 fully saturated rings. The van der Waals surface area contributed by atoms with Gasteiger partial charge in [-0.2, -0.15) is 0 Å². The number of hydrogen-bond donors (Lipinski definition) is 1. The standard InChI is InChI=1S/C21H21FN2O2/c1-11-6-17(13(3)23)20-18(7-11)19(25)12(2)21(26-20)24-9-14-4-5-16(22)8-15(14)10-24/h4-8,13H,9-10,23H2,1-3H3/p+1/t13-/m0/s1. The van der Waals surface area contributed by atoms with Gasteiger partial charge in [0.1, 0.15) is 17.4 Å². The van der Waals surface area contributed by atoms with Crippen molar-refractivity contribution in [3.8, 4) is 0 Å². The average molecular weight is 353 g/mol. The van der Waals surface area contributed by atoms with Crippen LogP contribution in [-0.2, 0) is 13.1 Å². The Hall–Kier alpha value is -2.66. The molecule has 3 aromatic rings. The van der Waals surface area contributed by atoms with Gasteiger partial charge >= 0.3 is 0 Å². The summed E-state index contributed by atoms with van der Waals surface area (Å²) in [6, 6.07) is 8.72. The molecule has 0 amide bonds. The van der Waals surface area contributed by atoms with Crippen molar-refractivity contribution < 1.29 is 14.5 Å². The van der Waals surface area contributed by atoms with Crippen LogP contribution < -0.4 is 16.1 Å². The van der Waals surface area contributed by atoms with Crippen LogP contribution in [0.2, 0.25) is 0 Å². The van der Waals surface area contributed by atoms with Gasteiger partial charge in [-0.3, -0.25) is 4.79 Å². The highest BCUT2D eigenvalue weighted by atomic mass is 19.1. The molecule has 0 radical (unpaired) electrons. The van der Waals surface area contributed by atoms with E-state index in [0.717, 1.165) is 22.3 Å². The van der Waals surface area contributed by atoms with Crippen molar-refractivity contribution in [3.63, 3.8) is 0 Å². The van der Waals surface area contributed by atoms with Crippen LogP contribution >= 0.6 is 0 Å². The molecule has 3 N–H and O–H groups in total. The first-order valence-electron chi connectivity index (χ1n) is 8.78. The van der Waals surface area contributed by atoms with Crippen molar-refractivity contribution in [2.24, 2.45) is 0 Å². The van der Waals surface area contributed by atoms with E-state index in [0.29, 0.717) is 35.5 Å². The number of benzene rings is 2. The Morgan fingerprint density at radius 1 is 1.15 bits per heavy atom. The second-order valence-electron chi connectivity index (χ2n) is 7.26. The van der Waals surface area contributed by atoms with Crippen LogP contribution in [0.4, 0.5) is 10.3 Å². The lowest BCUT2D eigenvalue weighted by Gasteiger charge is -2.20. The predicted octanol–water partition coefficient (Wildman–Crippen LogP) is 3.37. The molecule has 0 saturated heterocycles. The van der Waals surface area contributed by atoms with Gasteiger partial charge in [-0.1, -0.05) is 6.07 Å². The molecular weight excluding hydrogens is 331 g/mol. The number of quaternary nitrogens is 1. The van der Waals surface area contributed by atoms with Crippen LogP contribution in [0, 0.1) is 19.7 Å². The van der Waals surface area contributed by atoms with Gasteiger partial charge < -0.3 is 15.1 Å². The third-order valence-corrected chi connectivity index (χ3v) is 5.08. The van der Waals surface area contributed by atoms with Crippen LogP contribution in [0.5, 0.6) is 0 Å². The summed E-state index contributed by atoms with van der Waals surface area (Å²) in [7, 11) is 0. The molecule has 1 aliphatic rings. The van der Waals surface area contributed by atoms with E-state index in [-0.39, 0.29) is 17.3 Å². The molecule has 5 heteroatoms. The second-order valence-corrected chi connectivity index (χ2v) is 7.26. The predicted molar refractivity (Wildman–Crippen MR) is 99.5 cm³/mol. The number of rotatable bonds is 2. The Kier molecular flexibility index (Phi) is 3.84. The topological polar surface area (TPSA) is 61.1 Å². The molecule has 0 spiro atoms. The minimum Gasteiger partial charge on any atom is -0.439 e. The number of hydrogen-bond acceptors (Lipinski definition) is 3. The molecule has 26 heavy (non-hydrogen) atoms. The highest BCUT2D eigenvalue weighted by Gasteiger charge is 2.26. The highest BCUT2D eigenvalue weighted by Crippen LogP contribution is 2.33. The molecule has 0 aliphatic carbocycles. The molecule has 0 saturated carbocycles. The first-order chi connectivity index (χ1) is 12.3. The zero-order valence-electron chi connectivity index (χ0n) is 15.2. The zero-order valence-corrected chi connectivity index (χ0v) is 15.2. The van der Waals surface area contributed by atoms with Gasteiger partial charge in [-0.15, -0.1) is 0 Å². The molecule has 1 atom stereocenters. The monoisotopic (exact) mass is 353 g/mol. The van der Waals surface area contributed by atoms with Crippen molar-refractivity contribution in [1.82, 2.24) is 0 Å². The van der Waals surface area contributed by atoms with Crippen LogP contribution in [0.1, 0.15) is 40.8 Å². The van der Waals surface area contributed by atoms with Gasteiger partial charge in [-0.05, 0) is 61.7 Å². The fourth-order valence-electron chi connectivity index (χ4n) is 3.73. The lowest BCUT2D eigenvalue weighted by molar-refractivity contribution is -0.420. The summed E-state index contributed by atoms with van der Waals surface area (Å²) in [5.41, 5.74) is 9.21. The molecule has 2 aromatic carbocycles. The molecule has 1 aliphatic heterocycles.